The van der Waals surface area contributed by atoms with E-state index in [1.54, 1.807) is 16.8 Å². The highest BCUT2D eigenvalue weighted by Crippen LogP contribution is 2.19. The summed E-state index contributed by atoms with van der Waals surface area (Å²) in [5, 5.41) is 2.94. The zero-order chi connectivity index (χ0) is 19.6. The van der Waals surface area contributed by atoms with Gasteiger partial charge in [-0.05, 0) is 62.1 Å². The highest BCUT2D eigenvalue weighted by Gasteiger charge is 2.11. The normalized spacial score (nSPS) is 10.7. The number of rotatable bonds is 4. The molecule has 138 valence electrons. The molecule has 3 aromatic rings. The second kappa shape index (κ2) is 7.62. The number of nitrogens with one attached hydrogen (secondary N) is 1. The Morgan fingerprint density at radius 3 is 2.52 bits per heavy atom. The number of nitrogens with zero attached hydrogens (tertiary/aromatic N) is 1. The maximum Gasteiger partial charge on any atom is 0.257 e. The summed E-state index contributed by atoms with van der Waals surface area (Å²) < 4.78 is 1.58. The van der Waals surface area contributed by atoms with Crippen LogP contribution < -0.4 is 10.9 Å². The van der Waals surface area contributed by atoms with Gasteiger partial charge in [0, 0.05) is 18.0 Å². The van der Waals surface area contributed by atoms with Crippen LogP contribution in [0, 0.1) is 27.7 Å². The Hall–Kier alpha value is -3.14. The lowest BCUT2D eigenvalue weighted by atomic mass is 10.1. The first kappa shape index (κ1) is 18.6. The van der Waals surface area contributed by atoms with E-state index >= 15 is 0 Å². The highest BCUT2D eigenvalue weighted by molar-refractivity contribution is 6.04. The molecule has 2 aromatic carbocycles. The maximum absolute atomic E-state index is 12.7. The van der Waals surface area contributed by atoms with Crippen molar-refractivity contribution in [3.8, 4) is 0 Å². The van der Waals surface area contributed by atoms with E-state index in [2.05, 4.69) is 17.4 Å². The second-order valence-corrected chi connectivity index (χ2v) is 7.02. The van der Waals surface area contributed by atoms with Crippen molar-refractivity contribution in [1.82, 2.24) is 4.57 Å². The Bertz CT molecular complexity index is 1060. The molecule has 4 heteroatoms. The smallest absolute Gasteiger partial charge is 0.257 e. The quantitative estimate of drug-likeness (QED) is 0.750. The topological polar surface area (TPSA) is 51.1 Å². The minimum atomic E-state index is -0.224. The fourth-order valence-electron chi connectivity index (χ4n) is 3.02. The number of carbonyl (C=O) groups is 1. The monoisotopic (exact) mass is 360 g/mol. The van der Waals surface area contributed by atoms with Crippen molar-refractivity contribution in [2.75, 3.05) is 5.32 Å². The summed E-state index contributed by atoms with van der Waals surface area (Å²) in [5.41, 5.74) is 6.61. The Balaban J connectivity index is 1.88. The first-order valence-electron chi connectivity index (χ1n) is 8.99. The largest absolute Gasteiger partial charge is 0.322 e. The Kier molecular flexibility index (Phi) is 5.26. The molecule has 1 N–H and O–H groups in total. The van der Waals surface area contributed by atoms with Gasteiger partial charge in [-0.1, -0.05) is 35.9 Å². The molecular formula is C23H24N2O2. The lowest BCUT2D eigenvalue weighted by molar-refractivity contribution is 0.102. The van der Waals surface area contributed by atoms with Gasteiger partial charge in [0.2, 0.25) is 0 Å². The van der Waals surface area contributed by atoms with Crippen LogP contribution in [0.25, 0.3) is 0 Å². The van der Waals surface area contributed by atoms with E-state index in [-0.39, 0.29) is 11.5 Å². The fraction of sp³-hybridized carbons (Fsp3) is 0.217. The predicted molar refractivity (Wildman–Crippen MR) is 110 cm³/mol. The van der Waals surface area contributed by atoms with Crippen molar-refractivity contribution in [3.63, 3.8) is 0 Å². The third-order valence-corrected chi connectivity index (χ3v) is 4.94. The van der Waals surface area contributed by atoms with Crippen molar-refractivity contribution in [2.24, 2.45) is 0 Å². The molecule has 1 amide bonds. The van der Waals surface area contributed by atoms with Crippen molar-refractivity contribution in [1.29, 1.82) is 0 Å². The van der Waals surface area contributed by atoms with Crippen LogP contribution in [0.4, 0.5) is 5.69 Å². The number of pyridine rings is 1. The summed E-state index contributed by atoms with van der Waals surface area (Å²) in [6.07, 6.45) is 1.63. The van der Waals surface area contributed by atoms with Crippen LogP contribution >= 0.6 is 0 Å². The number of carbonyl (C=O) groups excluding carboxylic acids is 1. The minimum Gasteiger partial charge on any atom is -0.322 e. The molecule has 0 spiro atoms. The fourth-order valence-corrected chi connectivity index (χ4v) is 3.02. The molecule has 0 aliphatic carbocycles. The van der Waals surface area contributed by atoms with Crippen LogP contribution in [-0.2, 0) is 6.54 Å². The molecule has 3 rings (SSSR count). The van der Waals surface area contributed by atoms with Crippen molar-refractivity contribution >= 4 is 11.6 Å². The van der Waals surface area contributed by atoms with Crippen molar-refractivity contribution < 1.29 is 4.79 Å². The number of aromatic nitrogens is 1. The van der Waals surface area contributed by atoms with Crippen LogP contribution in [0.2, 0.25) is 0 Å². The van der Waals surface area contributed by atoms with Gasteiger partial charge in [-0.15, -0.1) is 0 Å². The molecule has 0 saturated carbocycles. The van der Waals surface area contributed by atoms with Gasteiger partial charge < -0.3 is 9.88 Å². The van der Waals surface area contributed by atoms with E-state index in [4.69, 9.17) is 0 Å². The van der Waals surface area contributed by atoms with Gasteiger partial charge >= 0.3 is 0 Å². The molecule has 0 bridgehead atoms. The van der Waals surface area contributed by atoms with Gasteiger partial charge in [0.25, 0.3) is 11.5 Å². The van der Waals surface area contributed by atoms with Crippen molar-refractivity contribution in [3.05, 3.63) is 98.5 Å². The molecule has 0 unspecified atom stereocenters. The summed E-state index contributed by atoms with van der Waals surface area (Å²) in [6.45, 7) is 8.48. The number of benzene rings is 2. The number of hydrogen-bond donors (Lipinski definition) is 1. The Labute approximate surface area is 159 Å². The van der Waals surface area contributed by atoms with Gasteiger partial charge in [-0.2, -0.15) is 0 Å². The van der Waals surface area contributed by atoms with Gasteiger partial charge in [-0.25, -0.2) is 0 Å². The van der Waals surface area contributed by atoms with Crippen LogP contribution in [0.15, 0.2) is 59.5 Å². The lowest BCUT2D eigenvalue weighted by Gasteiger charge is -2.13. The summed E-state index contributed by atoms with van der Waals surface area (Å²) in [4.78, 5) is 25.0. The average Bonchev–Trinajstić information content (AvgIpc) is 2.63. The molecule has 1 aromatic heterocycles. The molecule has 0 saturated heterocycles. The molecule has 0 atom stereocenters. The predicted octanol–water partition coefficient (Wildman–Crippen LogP) is 4.38. The average molecular weight is 360 g/mol. The van der Waals surface area contributed by atoms with E-state index in [9.17, 15) is 9.59 Å². The zero-order valence-electron chi connectivity index (χ0n) is 16.2. The first-order valence-corrected chi connectivity index (χ1v) is 8.99. The minimum absolute atomic E-state index is 0.126. The van der Waals surface area contributed by atoms with Crippen molar-refractivity contribution in [2.45, 2.75) is 34.2 Å². The number of aryl methyl sites for hydroxylation is 3. The number of amides is 1. The lowest BCUT2D eigenvalue weighted by Crippen LogP contribution is -2.23. The molecule has 0 radical (unpaired) electrons. The molecule has 0 fully saturated rings. The number of hydrogen-bond acceptors (Lipinski definition) is 2. The summed E-state index contributed by atoms with van der Waals surface area (Å²) in [6, 6.07) is 15.0. The van der Waals surface area contributed by atoms with E-state index < -0.39 is 0 Å². The summed E-state index contributed by atoms with van der Waals surface area (Å²) >= 11 is 0. The van der Waals surface area contributed by atoms with Gasteiger partial charge in [0.1, 0.15) is 0 Å². The van der Waals surface area contributed by atoms with E-state index in [0.29, 0.717) is 12.1 Å². The zero-order valence-corrected chi connectivity index (χ0v) is 16.2. The van der Waals surface area contributed by atoms with E-state index in [1.165, 1.54) is 6.07 Å². The Morgan fingerprint density at radius 2 is 1.74 bits per heavy atom. The van der Waals surface area contributed by atoms with E-state index in [1.807, 2.05) is 52.0 Å². The molecule has 0 aliphatic heterocycles. The third-order valence-electron chi connectivity index (χ3n) is 4.94. The van der Waals surface area contributed by atoms with Crippen LogP contribution in [0.3, 0.4) is 0 Å². The standard InChI is InChI=1S/C23H24N2O2/c1-15-8-9-17(3)20(12-15)14-25-13-19(10-11-22(25)26)23(27)24-21-7-5-6-16(2)18(21)4/h5-13H,14H2,1-4H3,(H,24,27). The summed E-state index contributed by atoms with van der Waals surface area (Å²) in [5.74, 6) is -0.224. The first-order chi connectivity index (χ1) is 12.8. The van der Waals surface area contributed by atoms with Gasteiger partial charge in [0.05, 0.1) is 12.1 Å². The number of anilines is 1. The third kappa shape index (κ3) is 4.17. The van der Waals surface area contributed by atoms with Crippen LogP contribution in [0.5, 0.6) is 0 Å². The van der Waals surface area contributed by atoms with Gasteiger partial charge in [-0.3, -0.25) is 9.59 Å². The van der Waals surface area contributed by atoms with Crippen LogP contribution in [0.1, 0.15) is 38.2 Å². The second-order valence-electron chi connectivity index (χ2n) is 7.02. The SMILES string of the molecule is Cc1ccc(C)c(Cn2cc(C(=O)Nc3cccc(C)c3C)ccc2=O)c1. The molecular weight excluding hydrogens is 336 g/mol. The molecule has 27 heavy (non-hydrogen) atoms. The summed E-state index contributed by atoms with van der Waals surface area (Å²) in [7, 11) is 0. The Morgan fingerprint density at radius 1 is 0.963 bits per heavy atom. The molecule has 4 nitrogen and oxygen atoms in total. The van der Waals surface area contributed by atoms with Gasteiger partial charge in [0.15, 0.2) is 0 Å². The van der Waals surface area contributed by atoms with E-state index in [0.717, 1.165) is 33.5 Å². The van der Waals surface area contributed by atoms with Crippen LogP contribution in [-0.4, -0.2) is 10.5 Å². The highest BCUT2D eigenvalue weighted by atomic mass is 16.2. The molecule has 0 aliphatic rings. The molecule has 1 heterocycles. The maximum atomic E-state index is 12.7.